The van der Waals surface area contributed by atoms with Crippen molar-refractivity contribution in [3.63, 3.8) is 0 Å². The molecule has 15 heavy (non-hydrogen) atoms. The molecule has 1 aliphatic rings. The minimum atomic E-state index is -0.588. The Balaban J connectivity index is -0.000000192. The number of carbonyl (C=O) groups is 2. The standard InChI is InChI=1S/C5H10O3.C3H4O3.Li.H/c1-3-7-5(6)8-4-2;4-3-5-1-2-6-3;;/h3-4H2,1-2H3;1-2H2;;/q;;+1;-1. The Hall–Kier alpha value is -0.863. The van der Waals surface area contributed by atoms with Crippen molar-refractivity contribution in [3.8, 4) is 0 Å². The zero-order valence-corrected chi connectivity index (χ0v) is 9.28. The first-order valence-electron chi connectivity index (χ1n) is 4.29. The van der Waals surface area contributed by atoms with Gasteiger partial charge in [-0.1, -0.05) is 0 Å². The van der Waals surface area contributed by atoms with Crippen LogP contribution in [0, 0.1) is 0 Å². The summed E-state index contributed by atoms with van der Waals surface area (Å²) < 4.78 is 17.4. The van der Waals surface area contributed by atoms with E-state index in [1.807, 2.05) is 0 Å². The molecule has 0 atom stereocenters. The van der Waals surface area contributed by atoms with Crippen molar-refractivity contribution in [2.75, 3.05) is 26.4 Å². The molecule has 0 aromatic carbocycles. The van der Waals surface area contributed by atoms with Crippen LogP contribution in [0.3, 0.4) is 0 Å². The summed E-state index contributed by atoms with van der Waals surface area (Å²) in [6, 6.07) is 0. The molecular formula is C8H15LiO6. The Morgan fingerprint density at radius 1 is 1.27 bits per heavy atom. The van der Waals surface area contributed by atoms with Crippen molar-refractivity contribution in [2.45, 2.75) is 13.8 Å². The molecule has 1 saturated heterocycles. The minimum absolute atomic E-state index is 0. The van der Waals surface area contributed by atoms with Crippen LogP contribution < -0.4 is 18.9 Å². The smallest absolute Gasteiger partial charge is 1.00 e. The Morgan fingerprint density at radius 3 is 1.87 bits per heavy atom. The summed E-state index contributed by atoms with van der Waals surface area (Å²) in [7, 11) is 0. The van der Waals surface area contributed by atoms with Gasteiger partial charge >= 0.3 is 31.2 Å². The van der Waals surface area contributed by atoms with E-state index in [1.165, 1.54) is 0 Å². The average Bonchev–Trinajstić information content (AvgIpc) is 2.58. The van der Waals surface area contributed by atoms with Gasteiger partial charge in [0.05, 0.1) is 13.2 Å². The Kier molecular flexibility index (Phi) is 12.4. The molecule has 0 unspecified atom stereocenters. The van der Waals surface area contributed by atoms with Crippen molar-refractivity contribution >= 4 is 12.3 Å². The molecule has 0 amide bonds. The number of ether oxygens (including phenoxy) is 4. The molecule has 0 spiro atoms. The van der Waals surface area contributed by atoms with Crippen molar-refractivity contribution in [2.24, 2.45) is 0 Å². The second-order valence-electron chi connectivity index (χ2n) is 2.06. The maximum absolute atomic E-state index is 10.2. The molecule has 0 aromatic heterocycles. The molecule has 0 bridgehead atoms. The maximum Gasteiger partial charge on any atom is 1.00 e. The fraction of sp³-hybridized carbons (Fsp3) is 0.750. The predicted molar refractivity (Wildman–Crippen MR) is 47.1 cm³/mol. The fourth-order valence-electron chi connectivity index (χ4n) is 0.569. The van der Waals surface area contributed by atoms with Gasteiger partial charge in [-0.15, -0.1) is 0 Å². The quantitative estimate of drug-likeness (QED) is 0.409. The van der Waals surface area contributed by atoms with E-state index >= 15 is 0 Å². The van der Waals surface area contributed by atoms with Crippen LogP contribution >= 0.6 is 0 Å². The van der Waals surface area contributed by atoms with Gasteiger partial charge in [-0.3, -0.25) is 0 Å². The number of cyclic esters (lactones) is 2. The summed E-state index contributed by atoms with van der Waals surface area (Å²) >= 11 is 0. The summed E-state index contributed by atoms with van der Waals surface area (Å²) in [4.78, 5) is 20.0. The molecule has 6 nitrogen and oxygen atoms in total. The van der Waals surface area contributed by atoms with E-state index in [1.54, 1.807) is 13.8 Å². The maximum atomic E-state index is 10.2. The van der Waals surface area contributed by atoms with E-state index in [2.05, 4.69) is 18.9 Å². The van der Waals surface area contributed by atoms with Crippen molar-refractivity contribution < 1.29 is 48.8 Å². The molecular weight excluding hydrogens is 199 g/mol. The zero-order chi connectivity index (χ0) is 10.8. The molecule has 0 N–H and O–H groups in total. The van der Waals surface area contributed by atoms with Crippen molar-refractivity contribution in [1.29, 1.82) is 0 Å². The van der Waals surface area contributed by atoms with E-state index in [4.69, 9.17) is 0 Å². The number of hydrogen-bond acceptors (Lipinski definition) is 6. The van der Waals surface area contributed by atoms with Crippen LogP contribution in [0.1, 0.15) is 15.3 Å². The predicted octanol–water partition coefficient (Wildman–Crippen LogP) is -1.55. The topological polar surface area (TPSA) is 71.1 Å². The van der Waals surface area contributed by atoms with E-state index in [-0.39, 0.29) is 20.3 Å². The molecule has 1 aliphatic heterocycles. The van der Waals surface area contributed by atoms with Crippen molar-refractivity contribution in [3.05, 3.63) is 0 Å². The van der Waals surface area contributed by atoms with Gasteiger partial charge < -0.3 is 20.4 Å². The van der Waals surface area contributed by atoms with Gasteiger partial charge in [0.2, 0.25) is 0 Å². The Bertz CT molecular complexity index is 173. The summed E-state index contributed by atoms with van der Waals surface area (Å²) in [6.45, 7) is 5.04. The normalized spacial score (nSPS) is 12.3. The number of rotatable bonds is 2. The molecule has 7 heteroatoms. The SMILES string of the molecule is CCOC(=O)OCC.O=C1OCCO1.[H-].[Li+]. The summed E-state index contributed by atoms with van der Waals surface area (Å²) in [5, 5.41) is 0. The second-order valence-corrected chi connectivity index (χ2v) is 2.06. The van der Waals surface area contributed by atoms with E-state index < -0.39 is 12.3 Å². The molecule has 1 heterocycles. The first kappa shape index (κ1) is 16.6. The zero-order valence-electron chi connectivity index (χ0n) is 10.3. The van der Waals surface area contributed by atoms with Crippen LogP contribution in [0.15, 0.2) is 0 Å². The molecule has 0 aliphatic carbocycles. The van der Waals surface area contributed by atoms with Crippen LogP contribution in [0.2, 0.25) is 0 Å². The Morgan fingerprint density at radius 2 is 1.67 bits per heavy atom. The summed E-state index contributed by atoms with van der Waals surface area (Å²) in [5.74, 6) is 0. The van der Waals surface area contributed by atoms with Gasteiger partial charge in [-0.05, 0) is 13.8 Å². The van der Waals surface area contributed by atoms with Crippen LogP contribution in [-0.4, -0.2) is 38.7 Å². The second kappa shape index (κ2) is 11.2. The fourth-order valence-corrected chi connectivity index (χ4v) is 0.569. The molecule has 84 valence electrons. The third-order valence-electron chi connectivity index (χ3n) is 1.05. The van der Waals surface area contributed by atoms with Crippen molar-refractivity contribution in [1.82, 2.24) is 0 Å². The third-order valence-corrected chi connectivity index (χ3v) is 1.05. The van der Waals surface area contributed by atoms with Gasteiger partial charge in [0, 0.05) is 0 Å². The minimum Gasteiger partial charge on any atom is -1.00 e. The summed E-state index contributed by atoms with van der Waals surface area (Å²) in [5.41, 5.74) is 0. The average molecular weight is 214 g/mol. The number of carbonyl (C=O) groups excluding carboxylic acids is 2. The van der Waals surface area contributed by atoms with Gasteiger partial charge in [0.25, 0.3) is 0 Å². The third kappa shape index (κ3) is 11.1. The molecule has 0 aromatic rings. The van der Waals surface area contributed by atoms with Crippen LogP contribution in [0.4, 0.5) is 9.59 Å². The molecule has 0 radical (unpaired) electrons. The van der Waals surface area contributed by atoms with Gasteiger partial charge in [-0.2, -0.15) is 0 Å². The van der Waals surface area contributed by atoms with E-state index in [0.717, 1.165) is 0 Å². The molecule has 0 saturated carbocycles. The van der Waals surface area contributed by atoms with Crippen LogP contribution in [-0.2, 0) is 18.9 Å². The summed E-state index contributed by atoms with van der Waals surface area (Å²) in [6.07, 6.45) is -1.13. The van der Waals surface area contributed by atoms with Gasteiger partial charge in [-0.25, -0.2) is 9.59 Å². The van der Waals surface area contributed by atoms with Crippen LogP contribution in [0.5, 0.6) is 0 Å². The van der Waals surface area contributed by atoms with Crippen LogP contribution in [0.25, 0.3) is 0 Å². The first-order valence-corrected chi connectivity index (χ1v) is 4.29. The largest absolute Gasteiger partial charge is 1.00 e. The number of hydrogen-bond donors (Lipinski definition) is 0. The van der Waals surface area contributed by atoms with Gasteiger partial charge in [0.1, 0.15) is 13.2 Å². The Labute approximate surface area is 102 Å². The first-order chi connectivity index (χ1) is 6.70. The molecule has 1 rings (SSSR count). The van der Waals surface area contributed by atoms with E-state index in [9.17, 15) is 9.59 Å². The molecule has 1 fully saturated rings. The van der Waals surface area contributed by atoms with Gasteiger partial charge in [0.15, 0.2) is 0 Å². The monoisotopic (exact) mass is 214 g/mol. The van der Waals surface area contributed by atoms with E-state index in [0.29, 0.717) is 26.4 Å².